The Bertz CT molecular complexity index is 837. The van der Waals surface area contributed by atoms with Crippen LogP contribution in [0.1, 0.15) is 31.7 Å². The highest BCUT2D eigenvalue weighted by Crippen LogP contribution is 2.26. The summed E-state index contributed by atoms with van der Waals surface area (Å²) in [5.41, 5.74) is 1.25. The van der Waals surface area contributed by atoms with E-state index in [2.05, 4.69) is 39.1 Å². The summed E-state index contributed by atoms with van der Waals surface area (Å²) < 4.78 is 0. The third kappa shape index (κ3) is 4.65. The monoisotopic (exact) mass is 446 g/mol. The first kappa shape index (κ1) is 21.9. The third-order valence-electron chi connectivity index (χ3n) is 6.32. The zero-order chi connectivity index (χ0) is 22.0. The van der Waals surface area contributed by atoms with Gasteiger partial charge in [-0.2, -0.15) is 0 Å². The van der Waals surface area contributed by atoms with Crippen LogP contribution in [0.2, 0.25) is 5.02 Å². The molecule has 2 saturated heterocycles. The number of nitrogens with one attached hydrogen (secondary N) is 1. The molecule has 0 spiro atoms. The van der Waals surface area contributed by atoms with Crippen molar-refractivity contribution in [2.75, 3.05) is 39.8 Å². The number of nitrogens with zero attached hydrogens (tertiary/aromatic N) is 5. The Morgan fingerprint density at radius 3 is 2.48 bits per heavy atom. The van der Waals surface area contributed by atoms with E-state index >= 15 is 0 Å². The maximum Gasteiger partial charge on any atom is 0.325 e. The largest absolute Gasteiger partial charge is 0.340 e. The van der Waals surface area contributed by atoms with Crippen LogP contribution in [-0.4, -0.2) is 89.5 Å². The average Bonchev–Trinajstić information content (AvgIpc) is 3.15. The summed E-state index contributed by atoms with van der Waals surface area (Å²) in [5, 5.41) is 3.23. The fraction of sp³-hybridized carbons (Fsp3) is 0.591. The molecular weight excluding hydrogens is 416 g/mol. The van der Waals surface area contributed by atoms with Crippen molar-refractivity contribution in [3.8, 4) is 0 Å². The van der Waals surface area contributed by atoms with Crippen LogP contribution < -0.4 is 5.32 Å². The minimum atomic E-state index is -0.454. The molecule has 2 atom stereocenters. The smallest absolute Gasteiger partial charge is 0.325 e. The van der Waals surface area contributed by atoms with E-state index in [0.717, 1.165) is 69.5 Å². The van der Waals surface area contributed by atoms with Crippen LogP contribution in [0.15, 0.2) is 29.3 Å². The molecule has 4 rings (SSSR count). The highest BCUT2D eigenvalue weighted by molar-refractivity contribution is 6.30. The van der Waals surface area contributed by atoms with Crippen molar-refractivity contribution in [1.29, 1.82) is 0 Å². The van der Waals surface area contributed by atoms with E-state index < -0.39 is 12.2 Å². The van der Waals surface area contributed by atoms with Gasteiger partial charge in [-0.3, -0.25) is 15.0 Å². The van der Waals surface area contributed by atoms with Crippen molar-refractivity contribution in [3.63, 3.8) is 0 Å². The number of hydrogen-bond donors (Lipinski definition) is 1. The fourth-order valence-corrected chi connectivity index (χ4v) is 4.63. The first-order valence-electron chi connectivity index (χ1n) is 11.1. The molecule has 0 aromatic heterocycles. The standard InChI is InChI=1S/C22H31ClN6O2/c1-3-4-5-10-29-18-19(26(2)22(31)25-20(18)30)24-21(29)28-13-11-27(12-14-28)15-16-6-8-17(23)9-7-16/h6-9,18-19H,3-5,10-15H2,1-2H3,(H,25,30,31). The number of aliphatic imine (C=N–C) groups is 1. The minimum Gasteiger partial charge on any atom is -0.340 e. The van der Waals surface area contributed by atoms with Gasteiger partial charge in [0.15, 0.2) is 18.2 Å². The average molecular weight is 447 g/mol. The third-order valence-corrected chi connectivity index (χ3v) is 6.57. The van der Waals surface area contributed by atoms with E-state index in [1.807, 2.05) is 12.1 Å². The number of carbonyl (C=O) groups is 2. The van der Waals surface area contributed by atoms with Gasteiger partial charge in [-0.15, -0.1) is 0 Å². The number of halogens is 1. The molecule has 8 nitrogen and oxygen atoms in total. The normalized spacial score (nSPS) is 24.4. The van der Waals surface area contributed by atoms with Crippen LogP contribution in [0.4, 0.5) is 4.79 Å². The maximum atomic E-state index is 12.7. The number of rotatable bonds is 6. The zero-order valence-electron chi connectivity index (χ0n) is 18.3. The van der Waals surface area contributed by atoms with E-state index in [1.54, 1.807) is 11.9 Å². The summed E-state index contributed by atoms with van der Waals surface area (Å²) in [5.74, 6) is 0.610. The fourth-order valence-electron chi connectivity index (χ4n) is 4.50. The van der Waals surface area contributed by atoms with E-state index in [-0.39, 0.29) is 11.9 Å². The molecule has 2 unspecified atom stereocenters. The van der Waals surface area contributed by atoms with E-state index in [4.69, 9.17) is 16.6 Å². The Balaban J connectivity index is 1.44. The van der Waals surface area contributed by atoms with Gasteiger partial charge in [-0.05, 0) is 24.1 Å². The van der Waals surface area contributed by atoms with Crippen LogP contribution in [0.25, 0.3) is 0 Å². The lowest BCUT2D eigenvalue weighted by atomic mass is 10.1. The lowest BCUT2D eigenvalue weighted by Crippen LogP contribution is -2.64. The Morgan fingerprint density at radius 2 is 1.81 bits per heavy atom. The van der Waals surface area contributed by atoms with Crippen molar-refractivity contribution in [1.82, 2.24) is 24.9 Å². The number of urea groups is 1. The van der Waals surface area contributed by atoms with Gasteiger partial charge in [0.2, 0.25) is 0 Å². The molecule has 3 amide bonds. The van der Waals surface area contributed by atoms with Crippen molar-refractivity contribution >= 4 is 29.5 Å². The van der Waals surface area contributed by atoms with Crippen molar-refractivity contribution in [3.05, 3.63) is 34.9 Å². The van der Waals surface area contributed by atoms with Gasteiger partial charge in [-0.1, -0.05) is 43.5 Å². The molecule has 0 saturated carbocycles. The van der Waals surface area contributed by atoms with Crippen molar-refractivity contribution < 1.29 is 9.59 Å². The molecule has 1 aromatic carbocycles. The molecular formula is C22H31ClN6O2. The molecule has 0 aliphatic carbocycles. The van der Waals surface area contributed by atoms with Gasteiger partial charge < -0.3 is 14.7 Å². The number of fused-ring (bicyclic) bond motifs is 1. The zero-order valence-corrected chi connectivity index (χ0v) is 19.0. The van der Waals surface area contributed by atoms with Gasteiger partial charge >= 0.3 is 6.03 Å². The molecule has 31 heavy (non-hydrogen) atoms. The molecule has 2 fully saturated rings. The molecule has 3 heterocycles. The second-order valence-electron chi connectivity index (χ2n) is 8.48. The first-order valence-corrected chi connectivity index (χ1v) is 11.5. The molecule has 1 N–H and O–H groups in total. The number of unbranched alkanes of at least 4 members (excludes halogenated alkanes) is 2. The Morgan fingerprint density at radius 1 is 1.10 bits per heavy atom. The Labute approximate surface area is 188 Å². The SMILES string of the molecule is CCCCCN1C(N2CCN(Cc3ccc(Cl)cc3)CC2)=NC2C1C(=O)NC(=O)N2C. The number of piperazine rings is 1. The molecule has 3 aliphatic heterocycles. The quantitative estimate of drug-likeness (QED) is 0.678. The van der Waals surface area contributed by atoms with Crippen LogP contribution in [0.5, 0.6) is 0 Å². The molecule has 0 radical (unpaired) electrons. The summed E-state index contributed by atoms with van der Waals surface area (Å²) >= 11 is 6.00. The maximum absolute atomic E-state index is 12.7. The van der Waals surface area contributed by atoms with Gasteiger partial charge in [-0.25, -0.2) is 9.79 Å². The molecule has 1 aromatic rings. The van der Waals surface area contributed by atoms with Crippen LogP contribution in [0.3, 0.4) is 0 Å². The number of guanidine groups is 1. The number of carbonyl (C=O) groups excluding carboxylic acids is 2. The number of amides is 3. The topological polar surface area (TPSA) is 71.5 Å². The van der Waals surface area contributed by atoms with Crippen molar-refractivity contribution in [2.45, 2.75) is 44.9 Å². The second-order valence-corrected chi connectivity index (χ2v) is 8.92. The van der Waals surface area contributed by atoms with Crippen molar-refractivity contribution in [2.24, 2.45) is 4.99 Å². The summed E-state index contributed by atoms with van der Waals surface area (Å²) in [6, 6.07) is 7.18. The Hall–Kier alpha value is -2.32. The van der Waals surface area contributed by atoms with Gasteiger partial charge in [0, 0.05) is 51.3 Å². The predicted molar refractivity (Wildman–Crippen MR) is 121 cm³/mol. The van der Waals surface area contributed by atoms with E-state index in [9.17, 15) is 9.59 Å². The van der Waals surface area contributed by atoms with Gasteiger partial charge in [0.1, 0.15) is 0 Å². The molecule has 3 aliphatic rings. The summed E-state index contributed by atoms with van der Waals surface area (Å²) in [6.45, 7) is 7.35. The van der Waals surface area contributed by atoms with Gasteiger partial charge in [0.05, 0.1) is 0 Å². The minimum absolute atomic E-state index is 0.246. The molecule has 0 bridgehead atoms. The summed E-state index contributed by atoms with van der Waals surface area (Å²) in [4.78, 5) is 38.0. The number of benzene rings is 1. The number of likely N-dealkylation sites (N-methyl/N-ethyl adjacent to an activating group) is 1. The van der Waals surface area contributed by atoms with E-state index in [0.29, 0.717) is 0 Å². The molecule has 168 valence electrons. The lowest BCUT2D eigenvalue weighted by molar-refractivity contribution is -0.127. The summed E-state index contributed by atoms with van der Waals surface area (Å²) in [7, 11) is 1.71. The number of imide groups is 1. The van der Waals surface area contributed by atoms with Crippen LogP contribution >= 0.6 is 11.6 Å². The highest BCUT2D eigenvalue weighted by Gasteiger charge is 2.49. The highest BCUT2D eigenvalue weighted by atomic mass is 35.5. The second kappa shape index (κ2) is 9.44. The Kier molecular flexibility index (Phi) is 6.67. The number of hydrogen-bond acceptors (Lipinski definition) is 6. The summed E-state index contributed by atoms with van der Waals surface area (Å²) in [6.07, 6.45) is 2.76. The van der Waals surface area contributed by atoms with E-state index in [1.165, 1.54) is 5.56 Å². The van der Waals surface area contributed by atoms with Crippen LogP contribution in [0, 0.1) is 0 Å². The molecule has 9 heteroatoms. The first-order chi connectivity index (χ1) is 15.0. The lowest BCUT2D eigenvalue weighted by Gasteiger charge is -2.40. The van der Waals surface area contributed by atoms with Crippen LogP contribution in [-0.2, 0) is 11.3 Å². The van der Waals surface area contributed by atoms with Gasteiger partial charge in [0.25, 0.3) is 5.91 Å². The predicted octanol–water partition coefficient (Wildman–Crippen LogP) is 2.20.